The summed E-state index contributed by atoms with van der Waals surface area (Å²) in [4.78, 5) is 16.6. The van der Waals surface area contributed by atoms with Crippen molar-refractivity contribution in [1.82, 2.24) is 9.71 Å². The van der Waals surface area contributed by atoms with Crippen LogP contribution in [0.25, 0.3) is 10.2 Å². The molecule has 1 aromatic heterocycles. The van der Waals surface area contributed by atoms with Crippen LogP contribution in [0.5, 0.6) is 0 Å². The largest absolute Gasteiger partial charge is 0.455 e. The summed E-state index contributed by atoms with van der Waals surface area (Å²) in [5.41, 5.74) is 1.04. The third kappa shape index (κ3) is 4.04. The number of nitrogens with one attached hydrogen (secondary N) is 1. The Morgan fingerprint density at radius 1 is 1.20 bits per heavy atom. The number of nitrogens with zero attached hydrogens (tertiary/aromatic N) is 1. The van der Waals surface area contributed by atoms with Gasteiger partial charge in [-0.2, -0.15) is 0 Å². The quantitative estimate of drug-likeness (QED) is 0.669. The molecule has 0 spiro atoms. The number of para-hydroxylation sites is 1. The van der Waals surface area contributed by atoms with Crippen molar-refractivity contribution in [2.24, 2.45) is 0 Å². The van der Waals surface area contributed by atoms with Crippen LogP contribution in [0.3, 0.4) is 0 Å². The average molecular weight is 376 g/mol. The molecule has 1 heterocycles. The van der Waals surface area contributed by atoms with Crippen LogP contribution in [0.2, 0.25) is 0 Å². The summed E-state index contributed by atoms with van der Waals surface area (Å²) in [5.74, 6) is -0.590. The number of sulfonamides is 1. The second-order valence-corrected chi connectivity index (χ2v) is 8.06. The molecule has 0 atom stereocenters. The van der Waals surface area contributed by atoms with E-state index in [-0.39, 0.29) is 23.6 Å². The number of hydrogen-bond donors (Lipinski definition) is 1. The van der Waals surface area contributed by atoms with Crippen LogP contribution >= 0.6 is 11.3 Å². The number of benzene rings is 2. The molecule has 3 aromatic rings. The highest BCUT2D eigenvalue weighted by Gasteiger charge is 2.16. The third-order valence-corrected chi connectivity index (χ3v) is 5.93. The van der Waals surface area contributed by atoms with Crippen molar-refractivity contribution in [3.8, 4) is 0 Å². The molecule has 0 saturated heterocycles. The molecule has 0 unspecified atom stereocenters. The maximum atomic E-state index is 12.2. The Kier molecular flexibility index (Phi) is 5.12. The van der Waals surface area contributed by atoms with Gasteiger partial charge in [0, 0.05) is 6.54 Å². The van der Waals surface area contributed by atoms with Crippen LogP contribution in [0, 0.1) is 0 Å². The van der Waals surface area contributed by atoms with E-state index in [1.807, 2.05) is 24.3 Å². The summed E-state index contributed by atoms with van der Waals surface area (Å²) < 4.78 is 32.7. The zero-order chi connectivity index (χ0) is 17.9. The Hall–Kier alpha value is -2.29. The monoisotopic (exact) mass is 376 g/mol. The molecule has 6 nitrogen and oxygen atoms in total. The fourth-order valence-electron chi connectivity index (χ4n) is 2.26. The molecule has 0 bridgehead atoms. The highest BCUT2D eigenvalue weighted by Crippen LogP contribution is 2.22. The van der Waals surface area contributed by atoms with Gasteiger partial charge in [-0.1, -0.05) is 25.1 Å². The lowest BCUT2D eigenvalue weighted by molar-refractivity contribution is 0.0472. The molecule has 1 N–H and O–H groups in total. The molecule has 0 aliphatic rings. The number of ether oxygens (including phenoxy) is 1. The van der Waals surface area contributed by atoms with E-state index in [9.17, 15) is 13.2 Å². The van der Waals surface area contributed by atoms with E-state index in [1.54, 1.807) is 6.92 Å². The molecule has 0 fully saturated rings. The van der Waals surface area contributed by atoms with Gasteiger partial charge >= 0.3 is 5.97 Å². The third-order valence-electron chi connectivity index (χ3n) is 3.38. The van der Waals surface area contributed by atoms with Crippen molar-refractivity contribution in [3.05, 3.63) is 59.1 Å². The van der Waals surface area contributed by atoms with E-state index in [4.69, 9.17) is 4.74 Å². The van der Waals surface area contributed by atoms with Gasteiger partial charge in [-0.15, -0.1) is 11.3 Å². The number of rotatable bonds is 6. The van der Waals surface area contributed by atoms with Crippen LogP contribution in [0.15, 0.2) is 53.4 Å². The summed E-state index contributed by atoms with van der Waals surface area (Å²) in [5, 5.41) is 0.686. The fourth-order valence-corrected chi connectivity index (χ4v) is 4.22. The summed E-state index contributed by atoms with van der Waals surface area (Å²) in [6, 6.07) is 13.4. The number of aromatic nitrogens is 1. The maximum absolute atomic E-state index is 12.2. The van der Waals surface area contributed by atoms with Crippen molar-refractivity contribution < 1.29 is 17.9 Å². The lowest BCUT2D eigenvalue weighted by Gasteiger charge is -2.07. The highest BCUT2D eigenvalue weighted by atomic mass is 32.2. The molecule has 25 heavy (non-hydrogen) atoms. The van der Waals surface area contributed by atoms with Crippen molar-refractivity contribution >= 4 is 37.5 Å². The predicted octanol–water partition coefficient (Wildman–Crippen LogP) is 2.95. The summed E-state index contributed by atoms with van der Waals surface area (Å²) in [6.45, 7) is 2.00. The molecule has 0 aliphatic heterocycles. The number of carbonyl (C=O) groups is 1. The van der Waals surface area contributed by atoms with Crippen LogP contribution in [-0.4, -0.2) is 25.9 Å². The van der Waals surface area contributed by atoms with E-state index >= 15 is 0 Å². The van der Waals surface area contributed by atoms with Gasteiger partial charge in [-0.25, -0.2) is 22.9 Å². The molecule has 0 amide bonds. The van der Waals surface area contributed by atoms with Crippen LogP contribution in [0.4, 0.5) is 0 Å². The molecule has 8 heteroatoms. The molecule has 0 aliphatic carbocycles. The zero-order valence-corrected chi connectivity index (χ0v) is 15.1. The molecule has 0 radical (unpaired) electrons. The van der Waals surface area contributed by atoms with E-state index in [0.29, 0.717) is 5.01 Å². The molecule has 3 rings (SSSR count). The summed E-state index contributed by atoms with van der Waals surface area (Å²) >= 11 is 1.45. The number of esters is 1. The SMILES string of the molecule is CCNS(=O)(=O)c1cccc(C(=O)OCc2nc3ccccc3s2)c1. The Labute approximate surface area is 149 Å². The normalized spacial score (nSPS) is 11.6. The van der Waals surface area contributed by atoms with Crippen LogP contribution < -0.4 is 4.72 Å². The Morgan fingerprint density at radius 2 is 2.00 bits per heavy atom. The van der Waals surface area contributed by atoms with Gasteiger partial charge in [0.15, 0.2) is 0 Å². The number of fused-ring (bicyclic) bond motifs is 1. The second-order valence-electron chi connectivity index (χ2n) is 5.18. The average Bonchev–Trinajstić information content (AvgIpc) is 3.02. The van der Waals surface area contributed by atoms with Gasteiger partial charge in [0.2, 0.25) is 10.0 Å². The minimum absolute atomic E-state index is 0.0313. The molecule has 2 aromatic carbocycles. The minimum atomic E-state index is -3.62. The van der Waals surface area contributed by atoms with Crippen molar-refractivity contribution in [2.45, 2.75) is 18.4 Å². The maximum Gasteiger partial charge on any atom is 0.338 e. The standard InChI is InChI=1S/C17H16N2O4S2/c1-2-18-25(21,22)13-7-5-6-12(10-13)17(20)23-11-16-19-14-8-3-4-9-15(14)24-16/h3-10,18H,2,11H2,1H3. The summed E-state index contributed by atoms with van der Waals surface area (Å²) in [6.07, 6.45) is 0. The van der Waals surface area contributed by atoms with Crippen LogP contribution in [-0.2, 0) is 21.4 Å². The first-order valence-electron chi connectivity index (χ1n) is 7.61. The van der Waals surface area contributed by atoms with Crippen molar-refractivity contribution in [2.75, 3.05) is 6.54 Å². The lowest BCUT2D eigenvalue weighted by Crippen LogP contribution is -2.23. The Morgan fingerprint density at radius 3 is 2.76 bits per heavy atom. The van der Waals surface area contributed by atoms with Crippen LogP contribution in [0.1, 0.15) is 22.3 Å². The first kappa shape index (κ1) is 17.5. The molecular formula is C17H16N2O4S2. The van der Waals surface area contributed by atoms with Gasteiger partial charge in [-0.3, -0.25) is 0 Å². The van der Waals surface area contributed by atoms with E-state index in [0.717, 1.165) is 10.2 Å². The smallest absolute Gasteiger partial charge is 0.338 e. The van der Waals surface area contributed by atoms with Gasteiger partial charge in [-0.05, 0) is 30.3 Å². The minimum Gasteiger partial charge on any atom is -0.455 e. The van der Waals surface area contributed by atoms with E-state index in [1.165, 1.54) is 35.6 Å². The van der Waals surface area contributed by atoms with Gasteiger partial charge in [0.05, 0.1) is 20.7 Å². The van der Waals surface area contributed by atoms with Gasteiger partial charge in [0.25, 0.3) is 0 Å². The highest BCUT2D eigenvalue weighted by molar-refractivity contribution is 7.89. The molecule has 130 valence electrons. The van der Waals surface area contributed by atoms with Gasteiger partial charge in [0.1, 0.15) is 11.6 Å². The first-order chi connectivity index (χ1) is 12.0. The Balaban J connectivity index is 1.73. The lowest BCUT2D eigenvalue weighted by atomic mass is 10.2. The second kappa shape index (κ2) is 7.30. The first-order valence-corrected chi connectivity index (χ1v) is 9.91. The Bertz CT molecular complexity index is 979. The van der Waals surface area contributed by atoms with Crippen molar-refractivity contribution in [3.63, 3.8) is 0 Å². The molecular weight excluding hydrogens is 360 g/mol. The molecule has 0 saturated carbocycles. The predicted molar refractivity (Wildman–Crippen MR) is 96.0 cm³/mol. The summed E-state index contributed by atoms with van der Waals surface area (Å²) in [7, 11) is -3.62. The number of carbonyl (C=O) groups excluding carboxylic acids is 1. The number of hydrogen-bond acceptors (Lipinski definition) is 6. The number of thiazole rings is 1. The van der Waals surface area contributed by atoms with E-state index < -0.39 is 16.0 Å². The topological polar surface area (TPSA) is 85.4 Å². The van der Waals surface area contributed by atoms with Crippen molar-refractivity contribution in [1.29, 1.82) is 0 Å². The van der Waals surface area contributed by atoms with E-state index in [2.05, 4.69) is 9.71 Å². The fraction of sp³-hybridized carbons (Fsp3) is 0.176. The zero-order valence-electron chi connectivity index (χ0n) is 13.4. The van der Waals surface area contributed by atoms with Gasteiger partial charge < -0.3 is 4.74 Å².